The molecule has 0 radical (unpaired) electrons. The summed E-state index contributed by atoms with van der Waals surface area (Å²) in [5.74, 6) is 0. The average Bonchev–Trinajstić information content (AvgIpc) is 3.32. The van der Waals surface area contributed by atoms with Crippen molar-refractivity contribution < 1.29 is 5.48 Å². The molecule has 1 heteroatoms. The van der Waals surface area contributed by atoms with Crippen LogP contribution in [0.15, 0.2) is 236 Å². The van der Waals surface area contributed by atoms with E-state index in [0.717, 1.165) is 55.3 Å². The Hall–Kier alpha value is -7.48. The second kappa shape index (κ2) is 15.0. The van der Waals surface area contributed by atoms with Gasteiger partial charge in [-0.2, -0.15) is 0 Å². The lowest BCUT2D eigenvalue weighted by molar-refractivity contribution is 1.28. The number of rotatable bonds is 8. The van der Waals surface area contributed by atoms with Gasteiger partial charge in [0.15, 0.2) is 0 Å². The van der Waals surface area contributed by atoms with Crippen LogP contribution in [0.3, 0.4) is 0 Å². The standard InChI is InChI=1S/C56H39N/c1-3-13-40(14-4-1)47-20-11-21-48(39-47)41-25-32-49(33-26-41)57(50-34-27-44(28-35-50)53-24-12-19-42-15-7-9-22-52(42)53)51-36-29-45(30-37-51)55-38-31-43-16-8-10-23-54(43)56(55)46-17-5-2-6-18-46/h1-39H/i25D,26D,32D,33D. The second-order valence-corrected chi connectivity index (χ2v) is 14.2. The van der Waals surface area contributed by atoms with Crippen molar-refractivity contribution >= 4 is 38.6 Å². The van der Waals surface area contributed by atoms with Gasteiger partial charge in [0.1, 0.15) is 0 Å². The highest BCUT2D eigenvalue weighted by Crippen LogP contribution is 2.42. The molecule has 0 heterocycles. The molecular formula is C56H39N. The summed E-state index contributed by atoms with van der Waals surface area (Å²) in [6.45, 7) is 0. The van der Waals surface area contributed by atoms with Gasteiger partial charge in [-0.05, 0) is 120 Å². The largest absolute Gasteiger partial charge is 0.311 e. The van der Waals surface area contributed by atoms with Gasteiger partial charge in [0.25, 0.3) is 0 Å². The first-order valence-corrected chi connectivity index (χ1v) is 19.3. The fourth-order valence-electron chi connectivity index (χ4n) is 7.94. The molecule has 10 aromatic rings. The normalized spacial score (nSPS) is 12.1. The molecule has 0 bridgehead atoms. The van der Waals surface area contributed by atoms with Crippen LogP contribution in [0.4, 0.5) is 17.1 Å². The number of anilines is 3. The van der Waals surface area contributed by atoms with Crippen LogP contribution in [-0.4, -0.2) is 0 Å². The van der Waals surface area contributed by atoms with E-state index >= 15 is 0 Å². The van der Waals surface area contributed by atoms with Gasteiger partial charge in [-0.15, -0.1) is 0 Å². The molecule has 57 heavy (non-hydrogen) atoms. The highest BCUT2D eigenvalue weighted by Gasteiger charge is 2.16. The van der Waals surface area contributed by atoms with Gasteiger partial charge in [0, 0.05) is 17.1 Å². The number of hydrogen-bond donors (Lipinski definition) is 0. The lowest BCUT2D eigenvalue weighted by Crippen LogP contribution is -2.09. The van der Waals surface area contributed by atoms with Gasteiger partial charge < -0.3 is 4.90 Å². The minimum atomic E-state index is -0.121. The van der Waals surface area contributed by atoms with Crippen molar-refractivity contribution in [3.63, 3.8) is 0 Å². The Bertz CT molecular complexity index is 3180. The maximum absolute atomic E-state index is 9.58. The molecule has 10 aromatic carbocycles. The van der Waals surface area contributed by atoms with Crippen LogP contribution in [0.5, 0.6) is 0 Å². The highest BCUT2D eigenvalue weighted by molar-refractivity contribution is 6.04. The molecule has 0 spiro atoms. The molecule has 0 aliphatic rings. The molecular weight excluding hydrogens is 687 g/mol. The predicted molar refractivity (Wildman–Crippen MR) is 243 cm³/mol. The summed E-state index contributed by atoms with van der Waals surface area (Å²) in [7, 11) is 0. The van der Waals surface area contributed by atoms with Gasteiger partial charge in [0.2, 0.25) is 0 Å². The van der Waals surface area contributed by atoms with E-state index in [1.807, 2.05) is 95.9 Å². The van der Waals surface area contributed by atoms with E-state index in [4.69, 9.17) is 0 Å². The molecule has 0 N–H and O–H groups in total. The van der Waals surface area contributed by atoms with Crippen LogP contribution < -0.4 is 4.90 Å². The summed E-state index contributed by atoms with van der Waals surface area (Å²) in [5.41, 5.74) is 11.0. The van der Waals surface area contributed by atoms with Crippen molar-refractivity contribution in [2.45, 2.75) is 0 Å². The first-order valence-electron chi connectivity index (χ1n) is 21.3. The molecule has 0 aliphatic heterocycles. The first kappa shape index (κ1) is 29.8. The fraction of sp³-hybridized carbons (Fsp3) is 0. The van der Waals surface area contributed by atoms with E-state index in [1.54, 1.807) is 0 Å². The SMILES string of the molecule is [2H]c1c([2H])c(N(c2ccc(-c3ccc4ccccc4c3-c3ccccc3)cc2)c2ccc(-c3cccc4ccccc34)cc2)c([2H])c([2H])c1-c1cccc(-c2ccccc2)c1. The molecule has 268 valence electrons. The van der Waals surface area contributed by atoms with Crippen LogP contribution in [-0.2, 0) is 0 Å². The summed E-state index contributed by atoms with van der Waals surface area (Å²) in [6.07, 6.45) is 0. The predicted octanol–water partition coefficient (Wildman–Crippen LogP) is 15.8. The Morgan fingerprint density at radius 3 is 1.44 bits per heavy atom. The van der Waals surface area contributed by atoms with Crippen molar-refractivity contribution in [1.82, 2.24) is 0 Å². The third-order valence-electron chi connectivity index (χ3n) is 10.7. The molecule has 0 saturated carbocycles. The van der Waals surface area contributed by atoms with Crippen LogP contribution >= 0.6 is 0 Å². The van der Waals surface area contributed by atoms with Crippen LogP contribution in [0.25, 0.3) is 77.2 Å². The fourth-order valence-corrected chi connectivity index (χ4v) is 7.94. The van der Waals surface area contributed by atoms with Crippen molar-refractivity contribution in [1.29, 1.82) is 0 Å². The molecule has 1 nitrogen and oxygen atoms in total. The lowest BCUT2D eigenvalue weighted by Gasteiger charge is -2.26. The lowest BCUT2D eigenvalue weighted by atomic mass is 9.90. The Morgan fingerprint density at radius 1 is 0.281 bits per heavy atom. The smallest absolute Gasteiger partial charge is 0.0645 e. The highest BCUT2D eigenvalue weighted by atomic mass is 15.1. The first-order chi connectivity index (χ1) is 29.9. The van der Waals surface area contributed by atoms with E-state index in [0.29, 0.717) is 16.9 Å². The van der Waals surface area contributed by atoms with E-state index in [2.05, 4.69) is 121 Å². The molecule has 0 aliphatic carbocycles. The zero-order valence-electron chi connectivity index (χ0n) is 35.2. The summed E-state index contributed by atoms with van der Waals surface area (Å²) in [6, 6.07) is 71.5. The van der Waals surface area contributed by atoms with E-state index in [1.165, 1.54) is 10.8 Å². The Balaban J connectivity index is 1.12. The topological polar surface area (TPSA) is 3.24 Å². The molecule has 0 unspecified atom stereocenters. The number of hydrogen-bond acceptors (Lipinski definition) is 1. The zero-order valence-corrected chi connectivity index (χ0v) is 31.2. The monoisotopic (exact) mass is 729 g/mol. The van der Waals surface area contributed by atoms with Crippen LogP contribution in [0.2, 0.25) is 0 Å². The zero-order chi connectivity index (χ0) is 41.5. The number of fused-ring (bicyclic) bond motifs is 2. The van der Waals surface area contributed by atoms with Crippen molar-refractivity contribution in [3.05, 3.63) is 236 Å². The maximum Gasteiger partial charge on any atom is 0.0645 e. The van der Waals surface area contributed by atoms with Gasteiger partial charge >= 0.3 is 0 Å². The molecule has 0 amide bonds. The van der Waals surface area contributed by atoms with E-state index in [-0.39, 0.29) is 35.4 Å². The van der Waals surface area contributed by atoms with Crippen molar-refractivity contribution in [2.24, 2.45) is 0 Å². The summed E-state index contributed by atoms with van der Waals surface area (Å²) >= 11 is 0. The average molecular weight is 730 g/mol. The van der Waals surface area contributed by atoms with Gasteiger partial charge in [-0.25, -0.2) is 0 Å². The third-order valence-corrected chi connectivity index (χ3v) is 10.7. The number of nitrogens with zero attached hydrogens (tertiary/aromatic N) is 1. The molecule has 10 rings (SSSR count). The van der Waals surface area contributed by atoms with Crippen molar-refractivity contribution in [2.75, 3.05) is 4.90 Å². The van der Waals surface area contributed by atoms with E-state index < -0.39 is 0 Å². The van der Waals surface area contributed by atoms with Gasteiger partial charge in [-0.3, -0.25) is 0 Å². The Morgan fingerprint density at radius 2 is 0.772 bits per heavy atom. The molecule has 0 atom stereocenters. The summed E-state index contributed by atoms with van der Waals surface area (Å²) in [5, 5.41) is 4.64. The number of benzene rings is 10. The summed E-state index contributed by atoms with van der Waals surface area (Å²) in [4.78, 5) is 1.86. The molecule has 0 saturated heterocycles. The Labute approximate surface area is 340 Å². The molecule has 0 fully saturated rings. The molecule has 0 aromatic heterocycles. The second-order valence-electron chi connectivity index (χ2n) is 14.2. The summed E-state index contributed by atoms with van der Waals surface area (Å²) < 4.78 is 38.0. The van der Waals surface area contributed by atoms with Crippen LogP contribution in [0.1, 0.15) is 5.48 Å². The third kappa shape index (κ3) is 6.66. The van der Waals surface area contributed by atoms with Crippen molar-refractivity contribution in [3.8, 4) is 55.6 Å². The maximum atomic E-state index is 9.58. The van der Waals surface area contributed by atoms with Crippen LogP contribution in [0, 0.1) is 0 Å². The minimum Gasteiger partial charge on any atom is -0.311 e. The Kier molecular flexibility index (Phi) is 7.84. The van der Waals surface area contributed by atoms with Gasteiger partial charge in [-0.1, -0.05) is 194 Å². The minimum absolute atomic E-state index is 0.0983. The quantitative estimate of drug-likeness (QED) is 0.151. The van der Waals surface area contributed by atoms with E-state index in [9.17, 15) is 5.48 Å². The van der Waals surface area contributed by atoms with Gasteiger partial charge in [0.05, 0.1) is 5.48 Å².